The van der Waals surface area contributed by atoms with Crippen LogP contribution in [0.5, 0.6) is 0 Å². The second-order valence-electron chi connectivity index (χ2n) is 7.25. The van der Waals surface area contributed by atoms with Gasteiger partial charge in [-0.2, -0.15) is 0 Å². The average Bonchev–Trinajstić information content (AvgIpc) is 3.29. The molecule has 2 aliphatic carbocycles. The van der Waals surface area contributed by atoms with Crippen molar-refractivity contribution in [1.82, 2.24) is 10.6 Å². The van der Waals surface area contributed by atoms with Crippen molar-refractivity contribution in [3.63, 3.8) is 0 Å². The molecule has 1 heterocycles. The first-order chi connectivity index (χ1) is 11.2. The van der Waals surface area contributed by atoms with Crippen LogP contribution in [0.15, 0.2) is 0 Å². The van der Waals surface area contributed by atoms with Crippen LogP contribution in [-0.2, 0) is 14.3 Å². The molecule has 6 heteroatoms. The number of carbonyl (C=O) groups excluding carboxylic acids is 2. The van der Waals surface area contributed by atoms with E-state index in [4.69, 9.17) is 4.74 Å². The maximum atomic E-state index is 12.1. The Kier molecular flexibility index (Phi) is 5.54. The number of hydrogen-bond acceptors (Lipinski definition) is 4. The number of nitrogens with one attached hydrogen (secondary N) is 2. The van der Waals surface area contributed by atoms with E-state index in [0.29, 0.717) is 12.3 Å². The van der Waals surface area contributed by atoms with Gasteiger partial charge in [-0.25, -0.2) is 0 Å². The minimum Gasteiger partial charge on any atom is -0.394 e. The van der Waals surface area contributed by atoms with Gasteiger partial charge < -0.3 is 20.5 Å². The summed E-state index contributed by atoms with van der Waals surface area (Å²) in [5.41, 5.74) is 0. The number of carbonyl (C=O) groups is 2. The fourth-order valence-electron chi connectivity index (χ4n) is 3.28. The lowest BCUT2D eigenvalue weighted by Gasteiger charge is -2.37. The Morgan fingerprint density at radius 2 is 1.87 bits per heavy atom. The van der Waals surface area contributed by atoms with Crippen molar-refractivity contribution in [2.45, 2.75) is 69.6 Å². The molecule has 0 bridgehead atoms. The number of amides is 2. The fourth-order valence-corrected chi connectivity index (χ4v) is 3.28. The monoisotopic (exact) mass is 324 g/mol. The molecule has 0 spiro atoms. The van der Waals surface area contributed by atoms with E-state index < -0.39 is 6.10 Å². The summed E-state index contributed by atoms with van der Waals surface area (Å²) >= 11 is 0. The first-order valence-corrected chi connectivity index (χ1v) is 8.99. The van der Waals surface area contributed by atoms with Crippen LogP contribution >= 0.6 is 0 Å². The molecule has 3 fully saturated rings. The normalized spacial score (nSPS) is 31.3. The minimum atomic E-state index is -0.408. The molecule has 3 aliphatic rings. The van der Waals surface area contributed by atoms with Gasteiger partial charge in [-0.05, 0) is 44.4 Å². The Hall–Kier alpha value is -1.14. The Bertz CT molecular complexity index is 434. The predicted octanol–water partition coefficient (Wildman–Crippen LogP) is 0.727. The van der Waals surface area contributed by atoms with E-state index in [2.05, 4.69) is 10.6 Å². The standard InChI is InChI=1S/C17H28N2O4/c20-10-15-14(19-17(22)12-2-1-3-12)7-6-13(23-15)8-16(21)18-9-11-4-5-11/h11-15,20H,1-10H2,(H,18,21)(H,19,22)/t13-,14+,15-/m0/s1. The first kappa shape index (κ1) is 16.7. The van der Waals surface area contributed by atoms with Crippen LogP contribution in [0.3, 0.4) is 0 Å². The molecule has 3 rings (SSSR count). The van der Waals surface area contributed by atoms with Crippen LogP contribution in [-0.4, -0.2) is 48.3 Å². The third-order valence-electron chi connectivity index (χ3n) is 5.30. The van der Waals surface area contributed by atoms with Gasteiger partial charge in [0.25, 0.3) is 0 Å². The average molecular weight is 324 g/mol. The number of rotatable bonds is 7. The fraction of sp³-hybridized carbons (Fsp3) is 0.882. The second kappa shape index (κ2) is 7.62. The second-order valence-corrected chi connectivity index (χ2v) is 7.25. The van der Waals surface area contributed by atoms with E-state index in [1.54, 1.807) is 0 Å². The molecule has 0 aromatic carbocycles. The van der Waals surface area contributed by atoms with Crippen LogP contribution in [0.2, 0.25) is 0 Å². The van der Waals surface area contributed by atoms with Gasteiger partial charge in [-0.15, -0.1) is 0 Å². The van der Waals surface area contributed by atoms with Crippen molar-refractivity contribution in [3.05, 3.63) is 0 Å². The quantitative estimate of drug-likeness (QED) is 0.644. The van der Waals surface area contributed by atoms with E-state index in [1.165, 1.54) is 12.8 Å². The molecule has 2 amide bonds. The molecule has 6 nitrogen and oxygen atoms in total. The van der Waals surface area contributed by atoms with E-state index in [1.807, 2.05) is 0 Å². The van der Waals surface area contributed by atoms with Crippen LogP contribution in [0.4, 0.5) is 0 Å². The molecular weight excluding hydrogens is 296 g/mol. The van der Waals surface area contributed by atoms with Gasteiger partial charge in [0, 0.05) is 12.5 Å². The third kappa shape index (κ3) is 4.67. The zero-order valence-electron chi connectivity index (χ0n) is 13.6. The summed E-state index contributed by atoms with van der Waals surface area (Å²) in [6.07, 6.45) is 6.75. The SMILES string of the molecule is O=C(C[C@@H]1CC[C@@H](NC(=O)C2CCC2)[C@H](CO)O1)NCC1CC1. The highest BCUT2D eigenvalue weighted by molar-refractivity contribution is 5.79. The van der Waals surface area contributed by atoms with Crippen LogP contribution in [0.1, 0.15) is 51.4 Å². The van der Waals surface area contributed by atoms with Crippen molar-refractivity contribution < 1.29 is 19.4 Å². The Balaban J connectivity index is 1.41. The maximum absolute atomic E-state index is 12.1. The Morgan fingerprint density at radius 3 is 2.48 bits per heavy atom. The molecule has 0 aromatic heterocycles. The number of aliphatic hydroxyl groups excluding tert-OH is 1. The number of hydrogen-bond donors (Lipinski definition) is 3. The van der Waals surface area contributed by atoms with Gasteiger partial charge in [0.05, 0.1) is 25.2 Å². The van der Waals surface area contributed by atoms with Crippen LogP contribution in [0.25, 0.3) is 0 Å². The van der Waals surface area contributed by atoms with E-state index >= 15 is 0 Å². The zero-order valence-corrected chi connectivity index (χ0v) is 13.6. The molecule has 3 atom stereocenters. The van der Waals surface area contributed by atoms with Crippen molar-refractivity contribution in [1.29, 1.82) is 0 Å². The third-order valence-corrected chi connectivity index (χ3v) is 5.30. The van der Waals surface area contributed by atoms with Crippen molar-refractivity contribution in [2.24, 2.45) is 11.8 Å². The van der Waals surface area contributed by atoms with Crippen molar-refractivity contribution >= 4 is 11.8 Å². The lowest BCUT2D eigenvalue weighted by Crippen LogP contribution is -2.53. The summed E-state index contributed by atoms with van der Waals surface area (Å²) < 4.78 is 5.85. The van der Waals surface area contributed by atoms with E-state index in [-0.39, 0.29) is 36.5 Å². The van der Waals surface area contributed by atoms with Crippen molar-refractivity contribution in [3.8, 4) is 0 Å². The maximum Gasteiger partial charge on any atom is 0.223 e. The number of aliphatic hydroxyl groups is 1. The van der Waals surface area contributed by atoms with Gasteiger partial charge in [-0.1, -0.05) is 6.42 Å². The molecule has 0 unspecified atom stereocenters. The Labute approximate surface area is 137 Å². The summed E-state index contributed by atoms with van der Waals surface area (Å²) in [6, 6.07) is -0.140. The molecular formula is C17H28N2O4. The highest BCUT2D eigenvalue weighted by atomic mass is 16.5. The number of ether oxygens (including phenoxy) is 1. The largest absolute Gasteiger partial charge is 0.394 e. The van der Waals surface area contributed by atoms with Gasteiger partial charge in [-0.3, -0.25) is 9.59 Å². The lowest BCUT2D eigenvalue weighted by atomic mass is 9.84. The van der Waals surface area contributed by atoms with E-state index in [0.717, 1.165) is 38.6 Å². The summed E-state index contributed by atoms with van der Waals surface area (Å²) in [4.78, 5) is 24.0. The molecule has 3 N–H and O–H groups in total. The summed E-state index contributed by atoms with van der Waals surface area (Å²) in [7, 11) is 0. The molecule has 2 saturated carbocycles. The van der Waals surface area contributed by atoms with Gasteiger partial charge >= 0.3 is 0 Å². The topological polar surface area (TPSA) is 87.7 Å². The summed E-state index contributed by atoms with van der Waals surface area (Å²) in [5, 5.41) is 15.5. The van der Waals surface area contributed by atoms with Gasteiger partial charge in [0.2, 0.25) is 11.8 Å². The summed E-state index contributed by atoms with van der Waals surface area (Å²) in [6.45, 7) is 0.644. The zero-order chi connectivity index (χ0) is 16.2. The van der Waals surface area contributed by atoms with Crippen molar-refractivity contribution in [2.75, 3.05) is 13.2 Å². The molecule has 1 aliphatic heterocycles. The van der Waals surface area contributed by atoms with Crippen LogP contribution < -0.4 is 10.6 Å². The highest BCUT2D eigenvalue weighted by Crippen LogP contribution is 2.29. The van der Waals surface area contributed by atoms with E-state index in [9.17, 15) is 14.7 Å². The molecule has 23 heavy (non-hydrogen) atoms. The molecule has 0 radical (unpaired) electrons. The van der Waals surface area contributed by atoms with Gasteiger partial charge in [0.15, 0.2) is 0 Å². The lowest BCUT2D eigenvalue weighted by molar-refractivity contribution is -0.138. The summed E-state index contributed by atoms with van der Waals surface area (Å²) in [5.74, 6) is 0.919. The minimum absolute atomic E-state index is 0.0237. The van der Waals surface area contributed by atoms with Crippen LogP contribution in [0, 0.1) is 11.8 Å². The molecule has 0 aromatic rings. The molecule has 130 valence electrons. The molecule has 1 saturated heterocycles. The predicted molar refractivity (Wildman–Crippen MR) is 84.6 cm³/mol. The van der Waals surface area contributed by atoms with Gasteiger partial charge in [0.1, 0.15) is 6.10 Å². The first-order valence-electron chi connectivity index (χ1n) is 8.99. The Morgan fingerprint density at radius 1 is 1.09 bits per heavy atom. The smallest absolute Gasteiger partial charge is 0.223 e. The highest BCUT2D eigenvalue weighted by Gasteiger charge is 2.35.